The van der Waals surface area contributed by atoms with Gasteiger partial charge in [0.05, 0.1) is 12.6 Å². The van der Waals surface area contributed by atoms with Crippen molar-refractivity contribution >= 4 is 41.5 Å². The summed E-state index contributed by atoms with van der Waals surface area (Å²) in [6.07, 6.45) is 0.964. The highest BCUT2D eigenvalue weighted by molar-refractivity contribution is 14.0. The number of rotatable bonds is 7. The third-order valence-electron chi connectivity index (χ3n) is 5.01. The van der Waals surface area contributed by atoms with Crippen LogP contribution in [-0.4, -0.2) is 36.6 Å². The van der Waals surface area contributed by atoms with Gasteiger partial charge in [-0.1, -0.05) is 42.0 Å². The Morgan fingerprint density at radius 2 is 1.83 bits per heavy atom. The summed E-state index contributed by atoms with van der Waals surface area (Å²) >= 11 is 0. The zero-order valence-corrected chi connectivity index (χ0v) is 19.9. The number of hydrogen-bond acceptors (Lipinski definition) is 3. The highest BCUT2D eigenvalue weighted by Crippen LogP contribution is 2.21. The van der Waals surface area contributed by atoms with Gasteiger partial charge in [0.25, 0.3) is 0 Å². The van der Waals surface area contributed by atoms with E-state index in [1.54, 1.807) is 0 Å². The first kappa shape index (κ1) is 24.1. The van der Waals surface area contributed by atoms with Crippen molar-refractivity contribution in [2.75, 3.05) is 24.5 Å². The third-order valence-corrected chi connectivity index (χ3v) is 5.01. The number of hydrogen-bond donors (Lipinski definition) is 3. The molecule has 3 N–H and O–H groups in total. The van der Waals surface area contributed by atoms with Crippen molar-refractivity contribution in [3.05, 3.63) is 65.2 Å². The fourth-order valence-corrected chi connectivity index (χ4v) is 3.31. The van der Waals surface area contributed by atoms with Gasteiger partial charge in [0.1, 0.15) is 0 Å². The molecule has 0 aromatic heterocycles. The molecule has 1 atom stereocenters. The number of aryl methyl sites for hydroxylation is 1. The molecule has 6 nitrogen and oxygen atoms in total. The fraction of sp³-hybridized carbons (Fsp3) is 0.391. The van der Waals surface area contributed by atoms with E-state index in [-0.39, 0.29) is 29.9 Å². The van der Waals surface area contributed by atoms with E-state index in [0.717, 1.165) is 36.3 Å². The molecule has 1 aliphatic heterocycles. The summed E-state index contributed by atoms with van der Waals surface area (Å²) in [6.45, 7) is 6.47. The van der Waals surface area contributed by atoms with Crippen molar-refractivity contribution in [1.29, 1.82) is 0 Å². The van der Waals surface area contributed by atoms with Crippen LogP contribution in [0.3, 0.4) is 0 Å². The summed E-state index contributed by atoms with van der Waals surface area (Å²) in [5, 5.41) is 16.8. The second-order valence-corrected chi connectivity index (χ2v) is 7.32. The Morgan fingerprint density at radius 1 is 1.13 bits per heavy atom. The zero-order chi connectivity index (χ0) is 20.6. The summed E-state index contributed by atoms with van der Waals surface area (Å²) in [4.78, 5) is 18.3. The number of nitrogens with zero attached hydrogens (tertiary/aromatic N) is 2. The quantitative estimate of drug-likeness (QED) is 0.296. The normalized spacial score (nSPS) is 15.0. The average Bonchev–Trinajstić information content (AvgIpc) is 3.16. The Morgan fingerprint density at radius 3 is 2.43 bits per heavy atom. The van der Waals surface area contributed by atoms with E-state index in [4.69, 9.17) is 0 Å². The summed E-state index contributed by atoms with van der Waals surface area (Å²) in [5.41, 5.74) is 4.07. The molecule has 2 aromatic carbocycles. The fourth-order valence-electron chi connectivity index (χ4n) is 3.31. The monoisotopic (exact) mass is 522 g/mol. The van der Waals surface area contributed by atoms with E-state index in [9.17, 15) is 9.90 Å². The predicted molar refractivity (Wildman–Crippen MR) is 132 cm³/mol. The topological polar surface area (TPSA) is 77.0 Å². The van der Waals surface area contributed by atoms with Gasteiger partial charge in [-0.05, 0) is 43.5 Å². The molecule has 0 saturated carbocycles. The maximum atomic E-state index is 11.9. The molecule has 0 spiro atoms. The summed E-state index contributed by atoms with van der Waals surface area (Å²) in [6, 6.07) is 15.9. The van der Waals surface area contributed by atoms with Gasteiger partial charge in [-0.15, -0.1) is 24.0 Å². The lowest BCUT2D eigenvalue weighted by atomic mass is 10.1. The van der Waals surface area contributed by atoms with E-state index in [1.165, 1.54) is 5.56 Å². The molecule has 30 heavy (non-hydrogen) atoms. The molecule has 3 rings (SSSR count). The Balaban J connectivity index is 0.00000320. The van der Waals surface area contributed by atoms with Crippen LogP contribution in [0.25, 0.3) is 0 Å². The van der Waals surface area contributed by atoms with Crippen LogP contribution >= 0.6 is 24.0 Å². The van der Waals surface area contributed by atoms with Gasteiger partial charge in [0.15, 0.2) is 5.96 Å². The number of halogens is 1. The van der Waals surface area contributed by atoms with E-state index >= 15 is 0 Å². The highest BCUT2D eigenvalue weighted by atomic mass is 127. The van der Waals surface area contributed by atoms with Crippen molar-refractivity contribution in [3.8, 4) is 0 Å². The standard InChI is InChI=1S/C23H30N4O2.HI/c1-3-24-23(26-16-21(28)19-10-6-17(2)7-11-19)25-15-18-8-12-20(13-9-18)27-14-4-5-22(27)29;/h6-13,21,28H,3-5,14-16H2,1-2H3,(H2,24,25,26);1H. The van der Waals surface area contributed by atoms with Gasteiger partial charge < -0.3 is 20.6 Å². The van der Waals surface area contributed by atoms with Gasteiger partial charge in [-0.3, -0.25) is 4.79 Å². The molecule has 1 fully saturated rings. The zero-order valence-electron chi connectivity index (χ0n) is 17.6. The lowest BCUT2D eigenvalue weighted by Crippen LogP contribution is -2.39. The second kappa shape index (κ2) is 11.9. The molecule has 1 unspecified atom stereocenters. The van der Waals surface area contributed by atoms with E-state index in [0.29, 0.717) is 25.5 Å². The summed E-state index contributed by atoms with van der Waals surface area (Å²) in [7, 11) is 0. The number of nitrogens with one attached hydrogen (secondary N) is 2. The van der Waals surface area contributed by atoms with Gasteiger partial charge >= 0.3 is 0 Å². The number of aliphatic hydroxyl groups excluding tert-OH is 1. The largest absolute Gasteiger partial charge is 0.387 e. The first-order chi connectivity index (χ1) is 14.1. The molecule has 1 saturated heterocycles. The number of aliphatic imine (C=N–C) groups is 1. The second-order valence-electron chi connectivity index (χ2n) is 7.32. The maximum Gasteiger partial charge on any atom is 0.227 e. The molecule has 1 aliphatic rings. The minimum atomic E-state index is -0.600. The van der Waals surface area contributed by atoms with Crippen molar-refractivity contribution in [3.63, 3.8) is 0 Å². The van der Waals surface area contributed by atoms with Crippen molar-refractivity contribution in [2.45, 2.75) is 39.3 Å². The Hall–Kier alpha value is -2.13. The van der Waals surface area contributed by atoms with Crippen LogP contribution in [0.2, 0.25) is 0 Å². The van der Waals surface area contributed by atoms with Crippen LogP contribution in [0, 0.1) is 6.92 Å². The number of anilines is 1. The summed E-state index contributed by atoms with van der Waals surface area (Å²) in [5.74, 6) is 0.860. The molecule has 1 heterocycles. The number of benzene rings is 2. The molecule has 7 heteroatoms. The van der Waals surface area contributed by atoms with Crippen LogP contribution in [-0.2, 0) is 11.3 Å². The minimum Gasteiger partial charge on any atom is -0.387 e. The number of amides is 1. The molecular formula is C23H31IN4O2. The number of carbonyl (C=O) groups is 1. The smallest absolute Gasteiger partial charge is 0.227 e. The number of guanidine groups is 1. The van der Waals surface area contributed by atoms with E-state index < -0.39 is 6.10 Å². The maximum absolute atomic E-state index is 11.9. The molecule has 2 aromatic rings. The lowest BCUT2D eigenvalue weighted by Gasteiger charge is -2.16. The SMILES string of the molecule is CCNC(=NCc1ccc(N2CCCC2=O)cc1)NCC(O)c1ccc(C)cc1.I. The van der Waals surface area contributed by atoms with Gasteiger partial charge in [-0.2, -0.15) is 0 Å². The Bertz CT molecular complexity index is 837. The molecule has 162 valence electrons. The van der Waals surface area contributed by atoms with Gasteiger partial charge in [0, 0.05) is 31.7 Å². The van der Waals surface area contributed by atoms with Crippen LogP contribution < -0.4 is 15.5 Å². The Kier molecular flexibility index (Phi) is 9.58. The molecular weight excluding hydrogens is 491 g/mol. The van der Waals surface area contributed by atoms with Crippen LogP contribution in [0.5, 0.6) is 0 Å². The Labute approximate surface area is 195 Å². The van der Waals surface area contributed by atoms with Crippen LogP contribution in [0.15, 0.2) is 53.5 Å². The average molecular weight is 522 g/mol. The van der Waals surface area contributed by atoms with Gasteiger partial charge in [-0.25, -0.2) is 4.99 Å². The van der Waals surface area contributed by atoms with E-state index in [2.05, 4.69) is 15.6 Å². The van der Waals surface area contributed by atoms with Crippen LogP contribution in [0.1, 0.15) is 42.6 Å². The highest BCUT2D eigenvalue weighted by Gasteiger charge is 2.21. The molecule has 0 bridgehead atoms. The predicted octanol–water partition coefficient (Wildman–Crippen LogP) is 3.53. The van der Waals surface area contributed by atoms with Crippen molar-refractivity contribution in [2.24, 2.45) is 4.99 Å². The minimum absolute atomic E-state index is 0. The van der Waals surface area contributed by atoms with Crippen molar-refractivity contribution in [1.82, 2.24) is 10.6 Å². The van der Waals surface area contributed by atoms with Crippen molar-refractivity contribution < 1.29 is 9.90 Å². The van der Waals surface area contributed by atoms with Gasteiger partial charge in [0.2, 0.25) is 5.91 Å². The van der Waals surface area contributed by atoms with E-state index in [1.807, 2.05) is 67.3 Å². The molecule has 1 amide bonds. The first-order valence-corrected chi connectivity index (χ1v) is 10.2. The number of carbonyl (C=O) groups excluding carboxylic acids is 1. The molecule has 0 radical (unpaired) electrons. The molecule has 0 aliphatic carbocycles. The lowest BCUT2D eigenvalue weighted by molar-refractivity contribution is -0.117. The third kappa shape index (κ3) is 6.70. The summed E-state index contributed by atoms with van der Waals surface area (Å²) < 4.78 is 0. The first-order valence-electron chi connectivity index (χ1n) is 10.2. The van der Waals surface area contributed by atoms with Crippen LogP contribution in [0.4, 0.5) is 5.69 Å². The number of aliphatic hydroxyl groups is 1.